The lowest BCUT2D eigenvalue weighted by molar-refractivity contribution is -0.133. The normalized spacial score (nSPS) is 11.9. The summed E-state index contributed by atoms with van der Waals surface area (Å²) in [5, 5.41) is 12.7. The lowest BCUT2D eigenvalue weighted by atomic mass is 9.99. The molecule has 3 aromatic rings. The molecular weight excluding hydrogens is 550 g/mol. The molecule has 8 heteroatoms. The SMILES string of the molecule is C[Si](C)(C)CC/C(=C(\NC(=O)OCc1ccccc1)C(=O)O)c1cc(Br)ccc1OCc1ccccc1. The third-order valence-electron chi connectivity index (χ3n) is 5.58. The second kappa shape index (κ2) is 13.3. The summed E-state index contributed by atoms with van der Waals surface area (Å²) in [5.74, 6) is -0.702. The van der Waals surface area contributed by atoms with Crippen molar-refractivity contribution in [3.8, 4) is 5.75 Å². The van der Waals surface area contributed by atoms with E-state index in [1.54, 1.807) is 0 Å². The van der Waals surface area contributed by atoms with Crippen molar-refractivity contribution in [2.45, 2.75) is 45.3 Å². The van der Waals surface area contributed by atoms with Crippen molar-refractivity contribution in [3.05, 3.63) is 106 Å². The van der Waals surface area contributed by atoms with E-state index in [4.69, 9.17) is 9.47 Å². The van der Waals surface area contributed by atoms with Gasteiger partial charge in [-0.1, -0.05) is 102 Å². The summed E-state index contributed by atoms with van der Waals surface area (Å²) >= 11 is 3.51. The molecule has 6 nitrogen and oxygen atoms in total. The number of aliphatic carboxylic acids is 1. The molecule has 0 saturated carbocycles. The van der Waals surface area contributed by atoms with E-state index in [1.165, 1.54) is 0 Å². The monoisotopic (exact) mass is 581 g/mol. The molecule has 0 aliphatic carbocycles. The minimum atomic E-state index is -1.56. The Morgan fingerprint density at radius 1 is 0.892 bits per heavy atom. The maximum atomic E-state index is 12.7. The van der Waals surface area contributed by atoms with Crippen molar-refractivity contribution in [1.29, 1.82) is 0 Å². The van der Waals surface area contributed by atoms with Crippen LogP contribution in [0, 0.1) is 0 Å². The number of nitrogens with one attached hydrogen (secondary N) is 1. The van der Waals surface area contributed by atoms with E-state index in [-0.39, 0.29) is 12.3 Å². The van der Waals surface area contributed by atoms with E-state index in [0.717, 1.165) is 21.6 Å². The molecule has 0 bridgehead atoms. The summed E-state index contributed by atoms with van der Waals surface area (Å²) < 4.78 is 12.2. The fourth-order valence-electron chi connectivity index (χ4n) is 3.61. The first-order valence-corrected chi connectivity index (χ1v) is 16.5. The molecule has 0 aromatic heterocycles. The number of amides is 1. The lowest BCUT2D eigenvalue weighted by Crippen LogP contribution is -2.29. The van der Waals surface area contributed by atoms with Crippen LogP contribution in [0.15, 0.2) is 89.0 Å². The first kappa shape index (κ1) is 28.2. The van der Waals surface area contributed by atoms with Gasteiger partial charge in [-0.2, -0.15) is 0 Å². The number of allylic oxidation sites excluding steroid dienone is 1. The maximum Gasteiger partial charge on any atom is 0.412 e. The summed E-state index contributed by atoms with van der Waals surface area (Å²) in [7, 11) is -1.56. The molecule has 0 spiro atoms. The molecule has 0 radical (unpaired) electrons. The average Bonchev–Trinajstić information content (AvgIpc) is 2.87. The highest BCUT2D eigenvalue weighted by molar-refractivity contribution is 9.10. The number of carbonyl (C=O) groups excluding carboxylic acids is 1. The predicted octanol–water partition coefficient (Wildman–Crippen LogP) is 7.48. The van der Waals surface area contributed by atoms with Gasteiger partial charge in [0.1, 0.15) is 24.7 Å². The number of carbonyl (C=O) groups is 2. The van der Waals surface area contributed by atoms with Crippen LogP contribution in [0.2, 0.25) is 25.7 Å². The topological polar surface area (TPSA) is 84.9 Å². The number of halogens is 1. The second-order valence-electron chi connectivity index (χ2n) is 9.82. The van der Waals surface area contributed by atoms with E-state index in [9.17, 15) is 14.7 Å². The molecule has 0 fully saturated rings. The van der Waals surface area contributed by atoms with Gasteiger partial charge >= 0.3 is 12.1 Å². The Bertz CT molecular complexity index is 1240. The van der Waals surface area contributed by atoms with Crippen LogP contribution in [0.3, 0.4) is 0 Å². The molecule has 0 heterocycles. The number of carboxylic acid groups (broad SMARTS) is 1. The molecule has 2 N–H and O–H groups in total. The molecule has 0 atom stereocenters. The van der Waals surface area contributed by atoms with Crippen molar-refractivity contribution >= 4 is 41.6 Å². The zero-order valence-corrected chi connectivity index (χ0v) is 23.9. The van der Waals surface area contributed by atoms with Gasteiger partial charge in [-0.25, -0.2) is 9.59 Å². The highest BCUT2D eigenvalue weighted by Gasteiger charge is 2.24. The summed E-state index contributed by atoms with van der Waals surface area (Å²) in [6.07, 6.45) is -0.359. The largest absolute Gasteiger partial charge is 0.488 e. The zero-order chi connectivity index (χ0) is 26.8. The Balaban J connectivity index is 1.96. The molecule has 3 aromatic carbocycles. The van der Waals surface area contributed by atoms with Gasteiger partial charge in [-0.3, -0.25) is 5.32 Å². The Labute approximate surface area is 227 Å². The minimum Gasteiger partial charge on any atom is -0.488 e. The van der Waals surface area contributed by atoms with E-state index in [1.807, 2.05) is 78.9 Å². The van der Waals surface area contributed by atoms with Crippen LogP contribution in [-0.4, -0.2) is 25.2 Å². The summed E-state index contributed by atoms with van der Waals surface area (Å²) in [6, 6.07) is 25.3. The standard InChI is InChI=1S/C29H32BrNO5Si/c1-37(2,3)17-16-24(27(28(32)33)31-29(34)36-20-22-12-8-5-9-13-22)25-18-23(30)14-15-26(25)35-19-21-10-6-4-7-11-21/h4-15,18H,16-17,19-20H2,1-3H3,(H,31,34)(H,32,33)/b27-24+. The van der Waals surface area contributed by atoms with Crippen LogP contribution in [0.5, 0.6) is 5.75 Å². The second-order valence-corrected chi connectivity index (χ2v) is 16.4. The van der Waals surface area contributed by atoms with Crippen molar-refractivity contribution in [2.24, 2.45) is 0 Å². The summed E-state index contributed by atoms with van der Waals surface area (Å²) in [4.78, 5) is 25.1. The van der Waals surface area contributed by atoms with Gasteiger partial charge in [-0.05, 0) is 41.3 Å². The van der Waals surface area contributed by atoms with Gasteiger partial charge < -0.3 is 14.6 Å². The molecule has 194 valence electrons. The third-order valence-corrected chi connectivity index (χ3v) is 7.83. The van der Waals surface area contributed by atoms with Crippen LogP contribution in [0.1, 0.15) is 23.1 Å². The number of ether oxygens (including phenoxy) is 2. The first-order valence-electron chi connectivity index (χ1n) is 12.0. The maximum absolute atomic E-state index is 12.7. The average molecular weight is 583 g/mol. The number of carboxylic acids is 1. The van der Waals surface area contributed by atoms with Crippen molar-refractivity contribution in [3.63, 3.8) is 0 Å². The van der Waals surface area contributed by atoms with Crippen molar-refractivity contribution in [1.82, 2.24) is 5.32 Å². The van der Waals surface area contributed by atoms with Gasteiger partial charge in [0.15, 0.2) is 0 Å². The first-order chi connectivity index (χ1) is 17.6. The van der Waals surface area contributed by atoms with E-state index >= 15 is 0 Å². The minimum absolute atomic E-state index is 0.0339. The van der Waals surface area contributed by atoms with Gasteiger partial charge in [-0.15, -0.1) is 0 Å². The van der Waals surface area contributed by atoms with Crippen LogP contribution >= 0.6 is 15.9 Å². The fraction of sp³-hybridized carbons (Fsp3) is 0.241. The molecule has 0 aliphatic heterocycles. The van der Waals surface area contributed by atoms with Crippen LogP contribution in [0.4, 0.5) is 4.79 Å². The molecule has 0 saturated heterocycles. The quantitative estimate of drug-likeness (QED) is 0.181. The smallest absolute Gasteiger partial charge is 0.412 e. The van der Waals surface area contributed by atoms with Crippen LogP contribution < -0.4 is 10.1 Å². The third kappa shape index (κ3) is 9.22. The summed E-state index contributed by atoms with van der Waals surface area (Å²) in [5.41, 5.74) is 2.70. The zero-order valence-electron chi connectivity index (χ0n) is 21.3. The highest BCUT2D eigenvalue weighted by Crippen LogP contribution is 2.35. The van der Waals surface area contributed by atoms with Gasteiger partial charge in [0.05, 0.1) is 0 Å². The molecule has 1 amide bonds. The number of benzene rings is 3. The summed E-state index contributed by atoms with van der Waals surface area (Å²) in [6.45, 7) is 7.03. The molecular formula is C29H32BrNO5Si. The molecule has 3 rings (SSSR count). The van der Waals surface area contributed by atoms with Gasteiger partial charge in [0, 0.05) is 18.1 Å². The highest BCUT2D eigenvalue weighted by atomic mass is 79.9. The molecule has 0 aliphatic rings. The molecule has 37 heavy (non-hydrogen) atoms. The fourth-order valence-corrected chi connectivity index (χ4v) is 4.97. The van der Waals surface area contributed by atoms with Gasteiger partial charge in [0.2, 0.25) is 0 Å². The number of hydrogen-bond donors (Lipinski definition) is 2. The molecule has 0 unspecified atom stereocenters. The van der Waals surface area contributed by atoms with Crippen LogP contribution in [-0.2, 0) is 22.7 Å². The Morgan fingerprint density at radius 3 is 2.05 bits per heavy atom. The van der Waals surface area contributed by atoms with E-state index < -0.39 is 20.1 Å². The van der Waals surface area contributed by atoms with Crippen molar-refractivity contribution in [2.75, 3.05) is 0 Å². The van der Waals surface area contributed by atoms with Crippen LogP contribution in [0.25, 0.3) is 5.57 Å². The number of rotatable bonds is 11. The Hall–Kier alpha value is -3.36. The van der Waals surface area contributed by atoms with Gasteiger partial charge in [0.25, 0.3) is 0 Å². The number of alkyl carbamates (subject to hydrolysis) is 1. The number of hydrogen-bond acceptors (Lipinski definition) is 4. The van der Waals surface area contributed by atoms with E-state index in [2.05, 4.69) is 40.9 Å². The Kier molecular flexibility index (Phi) is 10.1. The van der Waals surface area contributed by atoms with E-state index in [0.29, 0.717) is 29.9 Å². The Morgan fingerprint density at radius 2 is 1.49 bits per heavy atom. The van der Waals surface area contributed by atoms with Crippen molar-refractivity contribution < 1.29 is 24.2 Å². The lowest BCUT2D eigenvalue weighted by Gasteiger charge is -2.21. The predicted molar refractivity (Wildman–Crippen MR) is 152 cm³/mol.